The molecule has 0 unspecified atom stereocenters. The molecule has 0 aliphatic heterocycles. The van der Waals surface area contributed by atoms with E-state index < -0.39 is 5.76 Å². The maximum absolute atomic E-state index is 11.2. The highest BCUT2D eigenvalue weighted by Gasteiger charge is 2.12. The van der Waals surface area contributed by atoms with Crippen LogP contribution in [0.1, 0.15) is 0 Å². The molecule has 2 aromatic rings. The zero-order valence-corrected chi connectivity index (χ0v) is 8.03. The van der Waals surface area contributed by atoms with Gasteiger partial charge in [0.2, 0.25) is 0 Å². The standard InChI is InChI=1S/C8H8N2O3S/c11-4-3-10-7(9-13-8(10)12)6-2-1-5-14-6/h1-2,5,11H,3-4H2. The van der Waals surface area contributed by atoms with Crippen LogP contribution in [0.25, 0.3) is 10.7 Å². The third kappa shape index (κ3) is 1.49. The second-order valence-corrected chi connectivity index (χ2v) is 3.57. The fourth-order valence-electron chi connectivity index (χ4n) is 1.15. The van der Waals surface area contributed by atoms with Crippen molar-refractivity contribution < 1.29 is 9.63 Å². The molecule has 0 fully saturated rings. The van der Waals surface area contributed by atoms with Gasteiger partial charge in [0.1, 0.15) is 0 Å². The van der Waals surface area contributed by atoms with Crippen molar-refractivity contribution >= 4 is 11.3 Å². The molecule has 0 bridgehead atoms. The smallest absolute Gasteiger partial charge is 0.395 e. The minimum Gasteiger partial charge on any atom is -0.395 e. The summed E-state index contributed by atoms with van der Waals surface area (Å²) in [5, 5.41) is 14.3. The largest absolute Gasteiger partial charge is 0.441 e. The average Bonchev–Trinajstić information content (AvgIpc) is 2.77. The van der Waals surface area contributed by atoms with Crippen molar-refractivity contribution in [2.45, 2.75) is 6.54 Å². The number of nitrogens with zero attached hydrogens (tertiary/aromatic N) is 2. The molecule has 0 atom stereocenters. The molecular weight excluding hydrogens is 204 g/mol. The number of aliphatic hydroxyl groups excluding tert-OH is 1. The van der Waals surface area contributed by atoms with E-state index >= 15 is 0 Å². The second kappa shape index (κ2) is 3.77. The van der Waals surface area contributed by atoms with E-state index in [2.05, 4.69) is 9.68 Å². The van der Waals surface area contributed by atoms with Gasteiger partial charge in [0.15, 0.2) is 5.82 Å². The molecule has 0 radical (unpaired) electrons. The van der Waals surface area contributed by atoms with Gasteiger partial charge in [-0.2, -0.15) is 0 Å². The highest BCUT2D eigenvalue weighted by atomic mass is 32.1. The third-order valence-corrected chi connectivity index (χ3v) is 2.62. The fourth-order valence-corrected chi connectivity index (χ4v) is 1.86. The molecule has 0 spiro atoms. The third-order valence-electron chi connectivity index (χ3n) is 1.75. The molecule has 6 heteroatoms. The Balaban J connectivity index is 2.48. The topological polar surface area (TPSA) is 68.3 Å². The first-order valence-corrected chi connectivity index (χ1v) is 4.92. The van der Waals surface area contributed by atoms with Crippen molar-refractivity contribution in [3.8, 4) is 10.7 Å². The van der Waals surface area contributed by atoms with E-state index in [1.54, 1.807) is 0 Å². The summed E-state index contributed by atoms with van der Waals surface area (Å²) in [6, 6.07) is 3.71. The number of hydrogen-bond donors (Lipinski definition) is 1. The Labute approximate surface area is 83.2 Å². The van der Waals surface area contributed by atoms with Crippen LogP contribution in [0.5, 0.6) is 0 Å². The van der Waals surface area contributed by atoms with Crippen molar-refractivity contribution in [1.82, 2.24) is 9.72 Å². The molecule has 0 saturated carbocycles. The Bertz CT molecular complexity index is 457. The summed E-state index contributed by atoms with van der Waals surface area (Å²) in [5.74, 6) is -0.0681. The van der Waals surface area contributed by atoms with Gasteiger partial charge in [-0.1, -0.05) is 11.2 Å². The van der Waals surface area contributed by atoms with Gasteiger partial charge in [-0.15, -0.1) is 11.3 Å². The molecule has 0 aliphatic rings. The molecule has 2 heterocycles. The van der Waals surface area contributed by atoms with E-state index in [1.165, 1.54) is 15.9 Å². The lowest BCUT2D eigenvalue weighted by Crippen LogP contribution is -2.17. The summed E-state index contributed by atoms with van der Waals surface area (Å²) in [5.41, 5.74) is 0. The zero-order chi connectivity index (χ0) is 9.97. The monoisotopic (exact) mass is 212 g/mol. The molecule has 0 amide bonds. The van der Waals surface area contributed by atoms with E-state index in [0.717, 1.165) is 4.88 Å². The summed E-state index contributed by atoms with van der Waals surface area (Å²) in [7, 11) is 0. The Hall–Kier alpha value is -1.40. The molecule has 2 rings (SSSR count). The summed E-state index contributed by atoms with van der Waals surface area (Å²) >= 11 is 1.47. The molecule has 74 valence electrons. The van der Waals surface area contributed by atoms with Gasteiger partial charge in [0.25, 0.3) is 0 Å². The van der Waals surface area contributed by atoms with Crippen LogP contribution in [0.2, 0.25) is 0 Å². The number of aromatic nitrogens is 2. The van der Waals surface area contributed by atoms with E-state index in [4.69, 9.17) is 5.11 Å². The van der Waals surface area contributed by atoms with Crippen LogP contribution in [-0.4, -0.2) is 21.4 Å². The molecule has 0 aromatic carbocycles. The molecule has 1 N–H and O–H groups in total. The van der Waals surface area contributed by atoms with Gasteiger partial charge < -0.3 is 5.11 Å². The van der Waals surface area contributed by atoms with E-state index in [0.29, 0.717) is 5.82 Å². The molecular formula is C8H8N2O3S. The van der Waals surface area contributed by atoms with Crippen molar-refractivity contribution in [3.63, 3.8) is 0 Å². The highest BCUT2D eigenvalue weighted by Crippen LogP contribution is 2.21. The van der Waals surface area contributed by atoms with Crippen LogP contribution in [0, 0.1) is 0 Å². The Morgan fingerprint density at radius 1 is 1.64 bits per heavy atom. The minimum atomic E-state index is -0.539. The maximum atomic E-state index is 11.2. The van der Waals surface area contributed by atoms with Crippen molar-refractivity contribution in [2.75, 3.05) is 6.61 Å². The van der Waals surface area contributed by atoms with Gasteiger partial charge in [0, 0.05) is 0 Å². The predicted octanol–water partition coefficient (Wildman–Crippen LogP) is 0.557. The maximum Gasteiger partial charge on any atom is 0.441 e. The molecule has 2 aromatic heterocycles. The number of hydrogen-bond acceptors (Lipinski definition) is 5. The predicted molar refractivity (Wildman–Crippen MR) is 51.2 cm³/mol. The van der Waals surface area contributed by atoms with Gasteiger partial charge >= 0.3 is 5.76 Å². The van der Waals surface area contributed by atoms with E-state index in [9.17, 15) is 4.79 Å². The van der Waals surface area contributed by atoms with Crippen LogP contribution in [0.4, 0.5) is 0 Å². The first-order valence-electron chi connectivity index (χ1n) is 4.04. The van der Waals surface area contributed by atoms with Crippen LogP contribution < -0.4 is 5.76 Å². The SMILES string of the molecule is O=c1onc(-c2cccs2)n1CCO. The van der Waals surface area contributed by atoms with Gasteiger partial charge in [-0.05, 0) is 11.4 Å². The van der Waals surface area contributed by atoms with Gasteiger partial charge in [0.05, 0.1) is 18.0 Å². The van der Waals surface area contributed by atoms with Crippen LogP contribution in [-0.2, 0) is 6.54 Å². The first-order chi connectivity index (χ1) is 6.83. The molecule has 0 aliphatic carbocycles. The van der Waals surface area contributed by atoms with E-state index in [-0.39, 0.29) is 13.2 Å². The normalized spacial score (nSPS) is 10.6. The lowest BCUT2D eigenvalue weighted by atomic mass is 10.4. The number of thiophene rings is 1. The number of aliphatic hydroxyl groups is 1. The molecule has 5 nitrogen and oxygen atoms in total. The van der Waals surface area contributed by atoms with Crippen molar-refractivity contribution in [3.05, 3.63) is 28.1 Å². The minimum absolute atomic E-state index is 0.112. The van der Waals surface area contributed by atoms with Crippen LogP contribution in [0.15, 0.2) is 26.8 Å². The van der Waals surface area contributed by atoms with Gasteiger partial charge in [-0.25, -0.2) is 4.79 Å². The second-order valence-electron chi connectivity index (χ2n) is 2.62. The summed E-state index contributed by atoms with van der Waals surface area (Å²) in [6.45, 7) is 0.0923. The summed E-state index contributed by atoms with van der Waals surface area (Å²) in [6.07, 6.45) is 0. The summed E-state index contributed by atoms with van der Waals surface area (Å²) in [4.78, 5) is 12.0. The van der Waals surface area contributed by atoms with Crippen LogP contribution in [0.3, 0.4) is 0 Å². The molecule has 14 heavy (non-hydrogen) atoms. The Kier molecular flexibility index (Phi) is 2.47. The average molecular weight is 212 g/mol. The quantitative estimate of drug-likeness (QED) is 0.807. The molecule has 0 saturated heterocycles. The van der Waals surface area contributed by atoms with Crippen LogP contribution >= 0.6 is 11.3 Å². The first kappa shape index (κ1) is 9.17. The lowest BCUT2D eigenvalue weighted by molar-refractivity contribution is 0.269. The Morgan fingerprint density at radius 2 is 2.50 bits per heavy atom. The fraction of sp³-hybridized carbons (Fsp3) is 0.250. The Morgan fingerprint density at radius 3 is 3.14 bits per heavy atom. The van der Waals surface area contributed by atoms with E-state index in [1.807, 2.05) is 17.5 Å². The van der Waals surface area contributed by atoms with Crippen molar-refractivity contribution in [1.29, 1.82) is 0 Å². The zero-order valence-electron chi connectivity index (χ0n) is 7.21. The lowest BCUT2D eigenvalue weighted by Gasteiger charge is -1.98. The number of rotatable bonds is 3. The highest BCUT2D eigenvalue weighted by molar-refractivity contribution is 7.13. The summed E-state index contributed by atoms with van der Waals surface area (Å²) < 4.78 is 5.84. The van der Waals surface area contributed by atoms with Gasteiger partial charge in [-0.3, -0.25) is 9.09 Å². The van der Waals surface area contributed by atoms with Crippen molar-refractivity contribution in [2.24, 2.45) is 0 Å².